The summed E-state index contributed by atoms with van der Waals surface area (Å²) < 4.78 is 29.9. The van der Waals surface area contributed by atoms with Gasteiger partial charge in [0.1, 0.15) is 0 Å². The molecule has 3 aliphatic carbocycles. The van der Waals surface area contributed by atoms with Crippen molar-refractivity contribution < 1.29 is 30.7 Å². The Morgan fingerprint density at radius 2 is 0.557 bits per heavy atom. The molecule has 3 unspecified atom stereocenters. The van der Waals surface area contributed by atoms with Crippen LogP contribution in [-0.2, 0) is 51.7 Å². The molecule has 1 aliphatic heterocycles. The Balaban J connectivity index is 0.000000115. The van der Waals surface area contributed by atoms with Gasteiger partial charge in [-0.2, -0.15) is 0 Å². The number of ether oxygens (including phenoxy) is 2. The van der Waals surface area contributed by atoms with Gasteiger partial charge in [-0.05, 0) is 179 Å². The van der Waals surface area contributed by atoms with Crippen LogP contribution >= 0.6 is 63.8 Å². The molecule has 0 spiro atoms. The predicted molar refractivity (Wildman–Crippen MR) is 541 cm³/mol. The Labute approximate surface area is 744 Å². The second kappa shape index (κ2) is 42.6. The fraction of sp³-hybridized carbons (Fsp3) is 0.182. The fourth-order valence-corrected chi connectivity index (χ4v) is 36.2. The van der Waals surface area contributed by atoms with Crippen molar-refractivity contribution in [1.29, 1.82) is 1.28 Å². The number of halogens is 1. The van der Waals surface area contributed by atoms with Gasteiger partial charge in [-0.25, -0.2) is 4.20 Å². The molecule has 3 aromatic heterocycles. The summed E-state index contributed by atoms with van der Waals surface area (Å²) in [4.78, 5) is 0. The van der Waals surface area contributed by atoms with Crippen LogP contribution in [0.5, 0.6) is 0 Å². The second-order valence-corrected chi connectivity index (χ2v) is 46.7. The zero-order valence-corrected chi connectivity index (χ0v) is 77.8. The molecule has 4 atom stereocenters. The molecule has 22 rings (SSSR count). The average Bonchev–Trinajstić information content (AvgIpc) is 1.62. The summed E-state index contributed by atoms with van der Waals surface area (Å²) in [5.41, 5.74) is 8.19. The smallest absolute Gasteiger partial charge is 0.163 e. The van der Waals surface area contributed by atoms with E-state index < -0.39 is 37.3 Å². The van der Waals surface area contributed by atoms with Crippen molar-refractivity contribution in [2.75, 3.05) is 0 Å². The van der Waals surface area contributed by atoms with Crippen LogP contribution in [0, 0.1) is 0 Å². The molecule has 12 heteroatoms. The van der Waals surface area contributed by atoms with E-state index >= 15 is 0 Å². The second-order valence-electron chi connectivity index (χ2n) is 32.1. The third-order valence-corrected chi connectivity index (χ3v) is 40.8. The van der Waals surface area contributed by atoms with E-state index in [1.54, 1.807) is 30.1 Å². The fourth-order valence-electron chi connectivity index (χ4n) is 19.0. The van der Waals surface area contributed by atoms with Crippen molar-refractivity contribution in [1.82, 2.24) is 0 Å². The van der Waals surface area contributed by atoms with Crippen molar-refractivity contribution >= 4 is 159 Å². The Morgan fingerprint density at radius 1 is 0.328 bits per heavy atom. The molecule has 2 nitrogen and oxygen atoms in total. The van der Waals surface area contributed by atoms with Crippen LogP contribution < -0.4 is 31.8 Å². The number of hydrogen-bond donors (Lipinski definition) is 0. The maximum Gasteiger partial charge on any atom is 0.163 e. The first-order chi connectivity index (χ1) is 60.1. The van der Waals surface area contributed by atoms with Gasteiger partial charge in [0.2, 0.25) is 0 Å². The molecule has 0 N–H and O–H groups in total. The van der Waals surface area contributed by atoms with Gasteiger partial charge >= 0.3 is 0 Å². The Hall–Kier alpha value is -8.28. The summed E-state index contributed by atoms with van der Waals surface area (Å²) >= 11 is 0. The third kappa shape index (κ3) is 20.1. The van der Waals surface area contributed by atoms with Gasteiger partial charge < -0.3 is 9.47 Å². The third-order valence-electron chi connectivity index (χ3n) is 24.2. The molecule has 0 amide bonds. The van der Waals surface area contributed by atoms with E-state index in [1.807, 2.05) is 0 Å². The van der Waals surface area contributed by atoms with Crippen molar-refractivity contribution in [2.45, 2.75) is 125 Å². The first-order valence-corrected chi connectivity index (χ1v) is 54.0. The van der Waals surface area contributed by atoms with Crippen LogP contribution in [0.15, 0.2) is 406 Å². The number of aryl methyl sites for hydroxylation is 2. The molecule has 4 aliphatic rings. The predicted octanol–water partition coefficient (Wildman–Crippen LogP) is 30.9. The molecule has 612 valence electrons. The largest absolute Gasteiger partial charge is 0.344 e. The molecule has 3 fully saturated rings. The SMILES string of the molecule is CC1(C)OC(Cp2c3ccccc3c3ccccc32)[C@H](Cp2c3ccccc3c3ccccc32)O1.[2H]P(F)P.[Fe].c1ccc(-p2c3ccccc3c3ccccc32)cc1.c1ccc(P(c2ccccc2)C2CCCC2)cc1.c1ccc(P(c2ccccc2)C2CCCC2)cc1.c1ccc(P(c2ccccc2)C2c3ccccc3CCc3ccccc32)cc1. The summed E-state index contributed by atoms with van der Waals surface area (Å²) in [6, 6.07) is 149. The molecule has 4 heterocycles. The Bertz CT molecular complexity index is 5840. The Morgan fingerprint density at radius 3 is 0.852 bits per heavy atom. The first-order valence-electron chi connectivity index (χ1n) is 43.4. The normalized spacial score (nSPS) is 15.9. The van der Waals surface area contributed by atoms with Crippen LogP contribution in [-0.4, -0.2) is 30.6 Å². The van der Waals surface area contributed by atoms with Crippen LogP contribution in [0.25, 0.3) is 68.3 Å². The van der Waals surface area contributed by atoms with Gasteiger partial charge in [-0.15, -0.1) is 15.1 Å². The van der Waals surface area contributed by atoms with Gasteiger partial charge in [0.15, 0.2) is 5.79 Å². The molecule has 18 aromatic rings. The van der Waals surface area contributed by atoms with Crippen LogP contribution in [0.4, 0.5) is 4.20 Å². The van der Waals surface area contributed by atoms with Gasteiger partial charge in [-0.3, -0.25) is 0 Å². The minimum absolute atomic E-state index is 0. The monoisotopic (exact) mass is 1780 g/mol. The Kier molecular flexibility index (Phi) is 30.0. The summed E-state index contributed by atoms with van der Waals surface area (Å²) in [5.74, 6) is -0.558. The van der Waals surface area contributed by atoms with E-state index in [0.29, 0.717) is 5.66 Å². The van der Waals surface area contributed by atoms with E-state index in [4.69, 9.17) is 10.8 Å². The average molecular weight is 1780 g/mol. The van der Waals surface area contributed by atoms with Gasteiger partial charge in [0.25, 0.3) is 0 Å². The topological polar surface area (TPSA) is 18.5 Å². The van der Waals surface area contributed by atoms with Crippen LogP contribution in [0.1, 0.15) is 93.1 Å². The molecular formula is C110H105FFeO2P8. The zero-order valence-electron chi connectivity index (χ0n) is 70.3. The molecular weight excluding hydrogens is 1680 g/mol. The molecule has 0 bridgehead atoms. The maximum atomic E-state index is 10.7. The number of benzene rings is 15. The molecule has 1 saturated heterocycles. The van der Waals surface area contributed by atoms with Gasteiger partial charge in [0.05, 0.1) is 22.0 Å². The standard InChI is InChI=1S/C31H28O2P2.C27H23P.C18H13P.2C17H19P.FH3P2.Fe/c1-31(2)32-25(19-34-27-15-7-3-11-21(27)22-12-4-8-16-28(22)34)26(33-31)20-35-29-17-9-5-13-23(29)24-14-6-10-18-30(24)35;1-3-13-23(14-4-1)28(24-15-5-2-6-16-24)27-25-17-9-7-11-21(25)19-20-22-12-8-10-18-26(22)27;1-2-8-14(9-3-1)19-17-12-6-4-10-15(17)16-11-5-7-13-18(16)19;2*1-3-9-15(10-4-1)18(17-13-7-8-14-17)16-11-5-2-6-12-16;1-3-2;/h3-18,25-26H,19-20H2,1-2H3;1-18,27H,19-20H2;1-13H;2*1-6,9-12,17H,7-8,13-14H2;3H,2H2;/t25-,26?;;;;;;/m0....../s1/i;;;;;3D;. The summed E-state index contributed by atoms with van der Waals surface area (Å²) in [5, 5.41) is 27.8. The number of fused-ring (bicyclic) bond motifs is 11. The quantitative estimate of drug-likeness (QED) is 0.0798. The number of rotatable bonds is 14. The number of hydrogen-bond acceptors (Lipinski definition) is 2. The van der Waals surface area contributed by atoms with Gasteiger partial charge in [-0.1, -0.05) is 449 Å². The van der Waals surface area contributed by atoms with Crippen molar-refractivity contribution in [3.8, 4) is 5.30 Å². The van der Waals surface area contributed by atoms with Crippen molar-refractivity contribution in [2.24, 2.45) is 0 Å². The van der Waals surface area contributed by atoms with E-state index in [2.05, 4.69) is 420 Å². The molecule has 0 radical (unpaired) electrons. The first kappa shape index (κ1) is 85.9. The van der Waals surface area contributed by atoms with Gasteiger partial charge in [0, 0.05) is 65.8 Å². The van der Waals surface area contributed by atoms with E-state index in [9.17, 15) is 4.20 Å². The van der Waals surface area contributed by atoms with Crippen LogP contribution in [0.2, 0.25) is 0 Å². The van der Waals surface area contributed by atoms with E-state index in [-0.39, 0.29) is 52.7 Å². The van der Waals surface area contributed by atoms with E-state index in [0.717, 1.165) is 36.5 Å². The van der Waals surface area contributed by atoms with E-state index in [1.165, 1.54) is 153 Å². The summed E-state index contributed by atoms with van der Waals surface area (Å²) in [6.45, 7) is 4.15. The minimum Gasteiger partial charge on any atom is -0.344 e. The zero-order chi connectivity index (χ0) is 83.0. The molecule has 122 heavy (non-hydrogen) atoms. The summed E-state index contributed by atoms with van der Waals surface area (Å²) in [7, 11) is -2.42. The van der Waals surface area contributed by atoms with Crippen molar-refractivity contribution in [3.63, 3.8) is 0 Å². The molecule has 15 aromatic carbocycles. The summed E-state index contributed by atoms with van der Waals surface area (Å²) in [6.07, 6.45) is 15.7. The maximum absolute atomic E-state index is 10.7. The van der Waals surface area contributed by atoms with Crippen LogP contribution in [0.3, 0.4) is 0 Å². The minimum atomic E-state index is -1.95. The molecule has 2 saturated carbocycles. The van der Waals surface area contributed by atoms with Crippen molar-refractivity contribution in [3.05, 3.63) is 429 Å².